The Kier molecular flexibility index (Phi) is 3.41. The maximum Gasteiger partial charge on any atom is 0.231 e. The molecule has 2 aromatic rings. The lowest BCUT2D eigenvalue weighted by molar-refractivity contribution is 0.379. The second kappa shape index (κ2) is 4.80. The van der Waals surface area contributed by atoms with Gasteiger partial charge in [0.15, 0.2) is 5.82 Å². The predicted molar refractivity (Wildman–Crippen MR) is 58.1 cm³/mol. The second-order valence-corrected chi connectivity index (χ2v) is 3.79. The number of halogens is 3. The van der Waals surface area contributed by atoms with E-state index < -0.39 is 5.82 Å². The van der Waals surface area contributed by atoms with E-state index in [1.165, 1.54) is 6.07 Å². The average molecular weight is 261 g/mol. The van der Waals surface area contributed by atoms with Gasteiger partial charge in [0, 0.05) is 10.6 Å². The van der Waals surface area contributed by atoms with E-state index >= 15 is 0 Å². The summed E-state index contributed by atoms with van der Waals surface area (Å²) >= 11 is 11.4. The molecule has 0 atom stereocenters. The molecule has 0 aliphatic carbocycles. The summed E-state index contributed by atoms with van der Waals surface area (Å²) in [6.07, 6.45) is 0.162. The van der Waals surface area contributed by atoms with E-state index in [0.717, 1.165) is 0 Å². The van der Waals surface area contributed by atoms with E-state index in [2.05, 4.69) is 10.1 Å². The molecule has 0 unspecified atom stereocenters. The first kappa shape index (κ1) is 11.4. The van der Waals surface area contributed by atoms with E-state index in [1.54, 1.807) is 12.1 Å². The van der Waals surface area contributed by atoms with Gasteiger partial charge in [0.2, 0.25) is 5.89 Å². The van der Waals surface area contributed by atoms with E-state index in [1.807, 2.05) is 0 Å². The van der Waals surface area contributed by atoms with Crippen LogP contribution in [0.15, 0.2) is 22.7 Å². The highest BCUT2D eigenvalue weighted by molar-refractivity contribution is 6.31. The third-order valence-electron chi connectivity index (χ3n) is 2.02. The van der Waals surface area contributed by atoms with Crippen LogP contribution in [0, 0.1) is 5.82 Å². The molecule has 16 heavy (non-hydrogen) atoms. The highest BCUT2D eigenvalue weighted by Crippen LogP contribution is 2.21. The molecule has 3 nitrogen and oxygen atoms in total. The Bertz CT molecular complexity index is 481. The number of rotatable bonds is 3. The number of alkyl halides is 1. The lowest BCUT2D eigenvalue weighted by Gasteiger charge is -2.01. The van der Waals surface area contributed by atoms with Gasteiger partial charge < -0.3 is 4.52 Å². The van der Waals surface area contributed by atoms with E-state index in [0.29, 0.717) is 22.3 Å². The normalized spacial score (nSPS) is 10.7. The standard InChI is InChI=1S/C10H7Cl2FN2O/c11-5-9-14-10(16-15-9)4-6-7(12)2-1-3-8(6)13/h1-3H,4-5H2. The lowest BCUT2D eigenvalue weighted by Crippen LogP contribution is -1.94. The summed E-state index contributed by atoms with van der Waals surface area (Å²) < 4.78 is 18.3. The van der Waals surface area contributed by atoms with Gasteiger partial charge in [-0.1, -0.05) is 22.8 Å². The van der Waals surface area contributed by atoms with E-state index in [9.17, 15) is 4.39 Å². The van der Waals surface area contributed by atoms with Crippen molar-refractivity contribution in [1.82, 2.24) is 10.1 Å². The molecule has 0 saturated heterocycles. The Balaban J connectivity index is 2.26. The molecular weight excluding hydrogens is 254 g/mol. The molecule has 0 aliphatic rings. The number of benzene rings is 1. The van der Waals surface area contributed by atoms with Crippen molar-refractivity contribution in [3.8, 4) is 0 Å². The minimum absolute atomic E-state index is 0.161. The third kappa shape index (κ3) is 2.33. The van der Waals surface area contributed by atoms with Gasteiger partial charge in [-0.05, 0) is 12.1 Å². The van der Waals surface area contributed by atoms with Crippen LogP contribution in [-0.4, -0.2) is 10.1 Å². The van der Waals surface area contributed by atoms with Crippen LogP contribution in [0.3, 0.4) is 0 Å². The van der Waals surface area contributed by atoms with Gasteiger partial charge in [-0.3, -0.25) is 0 Å². The Hall–Kier alpha value is -1.13. The van der Waals surface area contributed by atoms with Gasteiger partial charge in [0.1, 0.15) is 5.82 Å². The Morgan fingerprint density at radius 3 is 2.81 bits per heavy atom. The van der Waals surface area contributed by atoms with Crippen LogP contribution >= 0.6 is 23.2 Å². The van der Waals surface area contributed by atoms with Crippen LogP contribution in [-0.2, 0) is 12.3 Å². The van der Waals surface area contributed by atoms with Crippen LogP contribution < -0.4 is 0 Å². The first-order chi connectivity index (χ1) is 7.70. The number of aromatic nitrogens is 2. The molecule has 0 bridgehead atoms. The molecular formula is C10H7Cl2FN2O. The van der Waals surface area contributed by atoms with Crippen LogP contribution in [0.1, 0.15) is 17.3 Å². The molecule has 0 fully saturated rings. The molecule has 0 N–H and O–H groups in total. The highest BCUT2D eigenvalue weighted by atomic mass is 35.5. The SMILES string of the molecule is Fc1cccc(Cl)c1Cc1nc(CCl)no1. The van der Waals surface area contributed by atoms with Crippen molar-refractivity contribution >= 4 is 23.2 Å². The smallest absolute Gasteiger partial charge is 0.231 e. The van der Waals surface area contributed by atoms with Gasteiger partial charge in [-0.2, -0.15) is 4.98 Å². The van der Waals surface area contributed by atoms with Gasteiger partial charge in [-0.25, -0.2) is 4.39 Å². The first-order valence-corrected chi connectivity index (χ1v) is 5.42. The quantitative estimate of drug-likeness (QED) is 0.796. The minimum Gasteiger partial charge on any atom is -0.339 e. The highest BCUT2D eigenvalue weighted by Gasteiger charge is 2.12. The lowest BCUT2D eigenvalue weighted by atomic mass is 10.1. The van der Waals surface area contributed by atoms with Gasteiger partial charge in [0.25, 0.3) is 0 Å². The Labute approximate surface area is 101 Å². The second-order valence-electron chi connectivity index (χ2n) is 3.11. The van der Waals surface area contributed by atoms with Crippen molar-refractivity contribution in [2.45, 2.75) is 12.3 Å². The topological polar surface area (TPSA) is 38.9 Å². The van der Waals surface area contributed by atoms with Gasteiger partial charge in [-0.15, -0.1) is 11.6 Å². The fourth-order valence-corrected chi connectivity index (χ4v) is 1.61. The van der Waals surface area contributed by atoms with Gasteiger partial charge in [0.05, 0.1) is 12.3 Å². The molecule has 2 rings (SSSR count). The van der Waals surface area contributed by atoms with Crippen LogP contribution in [0.2, 0.25) is 5.02 Å². The molecule has 0 saturated carbocycles. The minimum atomic E-state index is -0.391. The predicted octanol–water partition coefficient (Wildman–Crippen LogP) is 3.19. The van der Waals surface area contributed by atoms with Crippen molar-refractivity contribution in [3.05, 3.63) is 46.3 Å². The van der Waals surface area contributed by atoms with Gasteiger partial charge >= 0.3 is 0 Å². The zero-order valence-electron chi connectivity index (χ0n) is 8.08. The van der Waals surface area contributed by atoms with Crippen LogP contribution in [0.5, 0.6) is 0 Å². The summed E-state index contributed by atoms with van der Waals surface area (Å²) in [6.45, 7) is 0. The number of nitrogens with zero attached hydrogens (tertiary/aromatic N) is 2. The first-order valence-electron chi connectivity index (χ1n) is 4.51. The van der Waals surface area contributed by atoms with Crippen molar-refractivity contribution in [3.63, 3.8) is 0 Å². The van der Waals surface area contributed by atoms with Crippen molar-refractivity contribution in [2.24, 2.45) is 0 Å². The Morgan fingerprint density at radius 2 is 2.19 bits per heavy atom. The maximum atomic E-state index is 13.4. The molecule has 84 valence electrons. The summed E-state index contributed by atoms with van der Waals surface area (Å²) in [5.74, 6) is 0.444. The Morgan fingerprint density at radius 1 is 1.38 bits per heavy atom. The van der Waals surface area contributed by atoms with Crippen molar-refractivity contribution < 1.29 is 8.91 Å². The average Bonchev–Trinajstić information content (AvgIpc) is 2.71. The van der Waals surface area contributed by atoms with E-state index in [-0.39, 0.29) is 12.3 Å². The van der Waals surface area contributed by atoms with Crippen molar-refractivity contribution in [2.75, 3.05) is 0 Å². The molecule has 0 aliphatic heterocycles. The summed E-state index contributed by atoms with van der Waals surface area (Å²) in [7, 11) is 0. The number of hydrogen-bond donors (Lipinski definition) is 0. The van der Waals surface area contributed by atoms with Crippen LogP contribution in [0.4, 0.5) is 4.39 Å². The van der Waals surface area contributed by atoms with Crippen LogP contribution in [0.25, 0.3) is 0 Å². The molecule has 0 radical (unpaired) electrons. The largest absolute Gasteiger partial charge is 0.339 e. The molecule has 0 spiro atoms. The van der Waals surface area contributed by atoms with Crippen molar-refractivity contribution in [1.29, 1.82) is 0 Å². The van der Waals surface area contributed by atoms with E-state index in [4.69, 9.17) is 27.7 Å². The maximum absolute atomic E-state index is 13.4. The number of hydrogen-bond acceptors (Lipinski definition) is 3. The molecule has 6 heteroatoms. The zero-order chi connectivity index (χ0) is 11.5. The zero-order valence-corrected chi connectivity index (χ0v) is 9.59. The summed E-state index contributed by atoms with van der Waals surface area (Å²) in [5.41, 5.74) is 0.342. The molecule has 1 aromatic heterocycles. The fraction of sp³-hybridized carbons (Fsp3) is 0.200. The summed E-state index contributed by atoms with van der Waals surface area (Å²) in [5, 5.41) is 3.95. The molecule has 0 amide bonds. The molecule has 1 heterocycles. The fourth-order valence-electron chi connectivity index (χ4n) is 1.27. The third-order valence-corrected chi connectivity index (χ3v) is 2.61. The summed E-state index contributed by atoms with van der Waals surface area (Å²) in [4.78, 5) is 3.97. The molecule has 1 aromatic carbocycles. The monoisotopic (exact) mass is 260 g/mol. The summed E-state index contributed by atoms with van der Waals surface area (Å²) in [6, 6.07) is 4.48.